The highest BCUT2D eigenvalue weighted by molar-refractivity contribution is 6.85. The molecule has 0 N–H and O–H groups in total. The van der Waals surface area contributed by atoms with Crippen molar-refractivity contribution in [3.05, 3.63) is 103 Å². The van der Waals surface area contributed by atoms with E-state index in [1.54, 1.807) is 12.1 Å². The molecule has 0 amide bonds. The van der Waals surface area contributed by atoms with E-state index in [-0.39, 0.29) is 18.3 Å². The Kier molecular flexibility index (Phi) is 3.61. The first kappa shape index (κ1) is 15.9. The van der Waals surface area contributed by atoms with Crippen LogP contribution in [0.1, 0.15) is 0 Å². The Morgan fingerprint density at radius 3 is 1.59 bits per heavy atom. The first-order chi connectivity index (χ1) is 13.2. The molecule has 0 radical (unpaired) electrons. The lowest BCUT2D eigenvalue weighted by Gasteiger charge is -2.36. The van der Waals surface area contributed by atoms with Crippen LogP contribution in [0.15, 0.2) is 91.1 Å². The van der Waals surface area contributed by atoms with Crippen molar-refractivity contribution in [3.8, 4) is 0 Å². The summed E-state index contributed by atoms with van der Waals surface area (Å²) in [6.07, 6.45) is 3.96. The van der Waals surface area contributed by atoms with Crippen molar-refractivity contribution >= 4 is 34.9 Å². The second-order valence-electron chi connectivity index (χ2n) is 6.62. The molecule has 2 aliphatic rings. The maximum absolute atomic E-state index is 13.7. The predicted molar refractivity (Wildman–Crippen MR) is 107 cm³/mol. The number of anilines is 4. The van der Waals surface area contributed by atoms with Crippen molar-refractivity contribution in [3.63, 3.8) is 0 Å². The van der Waals surface area contributed by atoms with Crippen molar-refractivity contribution in [2.24, 2.45) is 0 Å². The number of rotatable bonds is 2. The van der Waals surface area contributed by atoms with Crippen LogP contribution in [-0.2, 0) is 0 Å². The average Bonchev–Trinajstić information content (AvgIpc) is 2.69. The SMILES string of the molecule is Fc1cccc(N2C=CB3C=CN(c4cccc(F)c4)c4cccc2c43)c1. The molecule has 3 aromatic rings. The Morgan fingerprint density at radius 1 is 0.630 bits per heavy atom. The van der Waals surface area contributed by atoms with Crippen LogP contribution in [0, 0.1) is 11.6 Å². The van der Waals surface area contributed by atoms with Crippen molar-refractivity contribution in [2.45, 2.75) is 0 Å². The molecule has 0 aliphatic carbocycles. The molecule has 0 bridgehead atoms. The molecule has 0 atom stereocenters. The molecule has 0 spiro atoms. The van der Waals surface area contributed by atoms with Crippen molar-refractivity contribution in [1.29, 1.82) is 0 Å². The van der Waals surface area contributed by atoms with E-state index in [0.29, 0.717) is 0 Å². The first-order valence-electron chi connectivity index (χ1n) is 8.80. The third-order valence-corrected chi connectivity index (χ3v) is 4.97. The van der Waals surface area contributed by atoms with Gasteiger partial charge in [0.15, 0.2) is 0 Å². The number of hydrogen-bond donors (Lipinski definition) is 0. The number of hydrogen-bond acceptors (Lipinski definition) is 2. The van der Waals surface area contributed by atoms with Crippen molar-refractivity contribution in [1.82, 2.24) is 0 Å². The van der Waals surface area contributed by atoms with E-state index in [2.05, 4.69) is 12.0 Å². The van der Waals surface area contributed by atoms with Gasteiger partial charge in [0, 0.05) is 22.7 Å². The molecule has 2 aliphatic heterocycles. The molecule has 2 heterocycles. The normalized spacial score (nSPS) is 14.5. The standard InChI is InChI=1S/C22H15BF2N2/c24-16-4-1-6-18(14-16)26-12-10-23-11-13-27(19-7-2-5-17(25)15-19)21-9-3-8-20(26)22(21)23/h1-15H. The first-order valence-corrected chi connectivity index (χ1v) is 8.80. The maximum atomic E-state index is 13.7. The molecule has 2 nitrogen and oxygen atoms in total. The van der Waals surface area contributed by atoms with E-state index in [1.165, 1.54) is 24.3 Å². The third-order valence-electron chi connectivity index (χ3n) is 4.97. The Balaban J connectivity index is 1.66. The smallest absolute Gasteiger partial charge is 0.234 e. The van der Waals surface area contributed by atoms with Crippen molar-refractivity contribution < 1.29 is 8.78 Å². The number of benzene rings is 3. The maximum Gasteiger partial charge on any atom is 0.234 e. The van der Waals surface area contributed by atoms with Crippen LogP contribution < -0.4 is 15.3 Å². The largest absolute Gasteiger partial charge is 0.319 e. The zero-order valence-electron chi connectivity index (χ0n) is 14.4. The summed E-state index contributed by atoms with van der Waals surface area (Å²) in [6.45, 7) is 0.130. The zero-order valence-corrected chi connectivity index (χ0v) is 14.4. The fourth-order valence-electron chi connectivity index (χ4n) is 3.78. The molecule has 0 saturated heterocycles. The summed E-state index contributed by atoms with van der Waals surface area (Å²) >= 11 is 0. The summed E-state index contributed by atoms with van der Waals surface area (Å²) < 4.78 is 27.5. The molecule has 5 heteroatoms. The average molecular weight is 356 g/mol. The van der Waals surface area contributed by atoms with Gasteiger partial charge >= 0.3 is 0 Å². The van der Waals surface area contributed by atoms with Crippen LogP contribution in [0.25, 0.3) is 0 Å². The quantitative estimate of drug-likeness (QED) is 0.591. The minimum absolute atomic E-state index is 0.130. The van der Waals surface area contributed by atoms with Gasteiger partial charge in [-0.3, -0.25) is 0 Å². The molecular formula is C22H15BF2N2. The van der Waals surface area contributed by atoms with Gasteiger partial charge in [-0.05, 0) is 66.4 Å². The molecule has 0 fully saturated rings. The van der Waals surface area contributed by atoms with Gasteiger partial charge < -0.3 is 9.80 Å². The van der Waals surface area contributed by atoms with Crippen LogP contribution in [0.2, 0.25) is 0 Å². The van der Waals surface area contributed by atoms with E-state index < -0.39 is 0 Å². The van der Waals surface area contributed by atoms with E-state index in [1.807, 2.05) is 52.5 Å². The summed E-state index contributed by atoms with van der Waals surface area (Å²) in [5, 5.41) is 0. The second kappa shape index (κ2) is 6.13. The van der Waals surface area contributed by atoms with Gasteiger partial charge in [0.25, 0.3) is 0 Å². The van der Waals surface area contributed by atoms with Crippen LogP contribution in [-0.4, -0.2) is 6.71 Å². The second-order valence-corrected chi connectivity index (χ2v) is 6.62. The predicted octanol–water partition coefficient (Wildman–Crippen LogP) is 5.08. The zero-order chi connectivity index (χ0) is 18.4. The fourth-order valence-corrected chi connectivity index (χ4v) is 3.78. The highest BCUT2D eigenvalue weighted by Gasteiger charge is 2.30. The Hall–Kier alpha value is -3.34. The molecule has 130 valence electrons. The fraction of sp³-hybridized carbons (Fsp3) is 0. The molecule has 0 aromatic heterocycles. The van der Waals surface area contributed by atoms with E-state index >= 15 is 0 Å². The van der Waals surface area contributed by atoms with Crippen LogP contribution in [0.5, 0.6) is 0 Å². The Labute approximate surface area is 156 Å². The lowest BCUT2D eigenvalue weighted by Crippen LogP contribution is -2.41. The lowest BCUT2D eigenvalue weighted by atomic mass is 9.42. The van der Waals surface area contributed by atoms with Gasteiger partial charge in [-0.1, -0.05) is 30.1 Å². The third kappa shape index (κ3) is 2.63. The Morgan fingerprint density at radius 2 is 1.11 bits per heavy atom. The highest BCUT2D eigenvalue weighted by atomic mass is 19.1. The minimum atomic E-state index is -0.269. The van der Waals surface area contributed by atoms with Crippen LogP contribution in [0.4, 0.5) is 31.5 Å². The lowest BCUT2D eigenvalue weighted by molar-refractivity contribution is 0.627. The molecule has 0 saturated carbocycles. The molecule has 3 aromatic carbocycles. The van der Waals surface area contributed by atoms with E-state index in [0.717, 1.165) is 28.2 Å². The van der Waals surface area contributed by atoms with Gasteiger partial charge in [-0.15, -0.1) is 0 Å². The minimum Gasteiger partial charge on any atom is -0.319 e. The summed E-state index contributed by atoms with van der Waals surface area (Å²) in [4.78, 5) is 3.97. The van der Waals surface area contributed by atoms with E-state index in [9.17, 15) is 8.78 Å². The molecule has 5 rings (SSSR count). The van der Waals surface area contributed by atoms with Gasteiger partial charge in [0.1, 0.15) is 11.6 Å². The van der Waals surface area contributed by atoms with Gasteiger partial charge in [0.05, 0.1) is 0 Å². The molecular weight excluding hydrogens is 341 g/mol. The monoisotopic (exact) mass is 356 g/mol. The number of halogens is 2. The van der Waals surface area contributed by atoms with Gasteiger partial charge in [0.2, 0.25) is 6.71 Å². The summed E-state index contributed by atoms with van der Waals surface area (Å²) in [7, 11) is 0. The van der Waals surface area contributed by atoms with Gasteiger partial charge in [-0.2, -0.15) is 0 Å². The summed E-state index contributed by atoms with van der Waals surface area (Å²) in [5.41, 5.74) is 4.65. The Bertz CT molecular complexity index is 1010. The van der Waals surface area contributed by atoms with Gasteiger partial charge in [-0.25, -0.2) is 8.78 Å². The number of nitrogens with zero attached hydrogens (tertiary/aromatic N) is 2. The topological polar surface area (TPSA) is 6.48 Å². The highest BCUT2D eigenvalue weighted by Crippen LogP contribution is 2.36. The van der Waals surface area contributed by atoms with Crippen LogP contribution >= 0.6 is 0 Å². The summed E-state index contributed by atoms with van der Waals surface area (Å²) in [5.74, 6) is 3.65. The molecule has 0 unspecified atom stereocenters. The summed E-state index contributed by atoms with van der Waals surface area (Å²) in [6, 6.07) is 19.1. The van der Waals surface area contributed by atoms with E-state index in [4.69, 9.17) is 0 Å². The van der Waals surface area contributed by atoms with Crippen LogP contribution in [0.3, 0.4) is 0 Å². The van der Waals surface area contributed by atoms with Crippen molar-refractivity contribution in [2.75, 3.05) is 9.80 Å². The molecule has 27 heavy (non-hydrogen) atoms.